The van der Waals surface area contributed by atoms with E-state index in [4.69, 9.17) is 9.47 Å². The zero-order valence-corrected chi connectivity index (χ0v) is 15.8. The Bertz CT molecular complexity index is 716. The number of hydrogen-bond acceptors (Lipinski definition) is 4. The Morgan fingerprint density at radius 1 is 1.22 bits per heavy atom. The summed E-state index contributed by atoms with van der Waals surface area (Å²) in [5, 5.41) is 0. The number of nitrogens with zero attached hydrogens (tertiary/aromatic N) is 1. The van der Waals surface area contributed by atoms with Crippen LogP contribution in [0.1, 0.15) is 39.2 Å². The van der Waals surface area contributed by atoms with E-state index in [0.717, 1.165) is 5.56 Å². The van der Waals surface area contributed by atoms with Crippen molar-refractivity contribution in [1.82, 2.24) is 4.90 Å². The van der Waals surface area contributed by atoms with Crippen LogP contribution in [0.2, 0.25) is 0 Å². The minimum atomic E-state index is -3.00. The van der Waals surface area contributed by atoms with E-state index in [0.29, 0.717) is 0 Å². The van der Waals surface area contributed by atoms with Crippen LogP contribution in [0.5, 0.6) is 0 Å². The van der Waals surface area contributed by atoms with Gasteiger partial charge < -0.3 is 14.4 Å². The summed E-state index contributed by atoms with van der Waals surface area (Å²) >= 11 is 0. The van der Waals surface area contributed by atoms with Crippen molar-refractivity contribution in [2.45, 2.75) is 51.7 Å². The lowest BCUT2D eigenvalue weighted by Gasteiger charge is -2.51. The summed E-state index contributed by atoms with van der Waals surface area (Å²) in [5.74, 6) is -4.54. The molecule has 2 fully saturated rings. The molecule has 148 valence electrons. The summed E-state index contributed by atoms with van der Waals surface area (Å²) in [4.78, 5) is 26.0. The largest absolute Gasteiger partial charge is 0.461 e. The third-order valence-electron chi connectivity index (χ3n) is 5.32. The number of rotatable bonds is 3. The third kappa shape index (κ3) is 3.77. The van der Waals surface area contributed by atoms with Crippen molar-refractivity contribution in [2.75, 3.05) is 13.1 Å². The Balaban J connectivity index is 1.66. The molecule has 2 unspecified atom stereocenters. The summed E-state index contributed by atoms with van der Waals surface area (Å²) in [5.41, 5.74) is -1.46. The Morgan fingerprint density at radius 2 is 1.89 bits per heavy atom. The van der Waals surface area contributed by atoms with Crippen LogP contribution in [-0.2, 0) is 20.9 Å². The molecule has 0 aromatic heterocycles. The predicted octanol–water partition coefficient (Wildman–Crippen LogP) is 4.01. The van der Waals surface area contributed by atoms with E-state index in [2.05, 4.69) is 0 Å². The van der Waals surface area contributed by atoms with Crippen molar-refractivity contribution in [3.05, 3.63) is 35.9 Å². The smallest absolute Gasteiger partial charge is 0.410 e. The molecule has 1 heterocycles. The van der Waals surface area contributed by atoms with Gasteiger partial charge in [-0.3, -0.25) is 4.79 Å². The summed E-state index contributed by atoms with van der Waals surface area (Å²) in [6.45, 7) is 5.16. The fourth-order valence-electron chi connectivity index (χ4n) is 3.82. The van der Waals surface area contributed by atoms with Crippen LogP contribution in [0.25, 0.3) is 0 Å². The first-order valence-electron chi connectivity index (χ1n) is 9.10. The molecule has 1 spiro atoms. The Labute approximate surface area is 157 Å². The van der Waals surface area contributed by atoms with E-state index in [1.807, 2.05) is 18.2 Å². The summed E-state index contributed by atoms with van der Waals surface area (Å²) in [6.07, 6.45) is -1.11. The molecular formula is C20H25F2NO4. The van der Waals surface area contributed by atoms with Crippen LogP contribution in [0.3, 0.4) is 0 Å². The molecule has 7 heteroatoms. The van der Waals surface area contributed by atoms with Crippen LogP contribution < -0.4 is 0 Å². The van der Waals surface area contributed by atoms with Crippen molar-refractivity contribution in [2.24, 2.45) is 11.3 Å². The van der Waals surface area contributed by atoms with Crippen molar-refractivity contribution in [3.63, 3.8) is 0 Å². The van der Waals surface area contributed by atoms with Gasteiger partial charge in [0.25, 0.3) is 5.92 Å². The molecule has 1 aromatic carbocycles. The molecule has 2 aliphatic rings. The zero-order valence-electron chi connectivity index (χ0n) is 15.8. The number of likely N-dealkylation sites (tertiary alicyclic amines) is 1. The van der Waals surface area contributed by atoms with E-state index in [1.165, 1.54) is 4.90 Å². The van der Waals surface area contributed by atoms with Crippen molar-refractivity contribution >= 4 is 12.1 Å². The van der Waals surface area contributed by atoms with Gasteiger partial charge in [-0.1, -0.05) is 30.3 Å². The second-order valence-corrected chi connectivity index (χ2v) is 8.36. The van der Waals surface area contributed by atoms with Crippen LogP contribution in [0.4, 0.5) is 13.6 Å². The molecule has 1 saturated heterocycles. The quantitative estimate of drug-likeness (QED) is 0.743. The van der Waals surface area contributed by atoms with Crippen LogP contribution in [-0.4, -0.2) is 41.6 Å². The molecule has 5 nitrogen and oxygen atoms in total. The number of halogens is 2. The number of alkyl halides is 2. The highest BCUT2D eigenvalue weighted by Gasteiger charge is 2.73. The van der Waals surface area contributed by atoms with Gasteiger partial charge in [-0.05, 0) is 32.8 Å². The highest BCUT2D eigenvalue weighted by atomic mass is 19.3. The summed E-state index contributed by atoms with van der Waals surface area (Å²) in [6, 6.07) is 9.09. The fraction of sp³-hybridized carbons (Fsp3) is 0.600. The maximum atomic E-state index is 14.5. The average Bonchev–Trinajstić information content (AvgIpc) is 3.06. The number of ether oxygens (including phenoxy) is 2. The molecule has 0 radical (unpaired) electrons. The Hall–Kier alpha value is -2.18. The molecular weight excluding hydrogens is 356 g/mol. The van der Waals surface area contributed by atoms with E-state index < -0.39 is 41.3 Å². The number of carbonyl (C=O) groups is 2. The molecule has 1 aliphatic heterocycles. The predicted molar refractivity (Wildman–Crippen MR) is 94.1 cm³/mol. The lowest BCUT2D eigenvalue weighted by molar-refractivity contribution is -0.244. The van der Waals surface area contributed by atoms with Crippen molar-refractivity contribution in [3.8, 4) is 0 Å². The van der Waals surface area contributed by atoms with Gasteiger partial charge in [-0.2, -0.15) is 0 Å². The number of esters is 1. The second-order valence-electron chi connectivity index (χ2n) is 8.36. The van der Waals surface area contributed by atoms with Gasteiger partial charge in [-0.25, -0.2) is 13.6 Å². The molecule has 2 atom stereocenters. The van der Waals surface area contributed by atoms with Gasteiger partial charge in [-0.15, -0.1) is 0 Å². The van der Waals surface area contributed by atoms with Gasteiger partial charge in [0.15, 0.2) is 0 Å². The first kappa shape index (κ1) is 19.6. The minimum absolute atomic E-state index is 0.0492. The monoisotopic (exact) mass is 381 g/mol. The van der Waals surface area contributed by atoms with Gasteiger partial charge in [0.2, 0.25) is 0 Å². The van der Waals surface area contributed by atoms with Crippen molar-refractivity contribution in [1.29, 1.82) is 0 Å². The van der Waals surface area contributed by atoms with E-state index in [9.17, 15) is 18.4 Å². The highest BCUT2D eigenvalue weighted by molar-refractivity contribution is 5.76. The highest BCUT2D eigenvalue weighted by Crippen LogP contribution is 2.63. The summed E-state index contributed by atoms with van der Waals surface area (Å²) < 4.78 is 39.5. The van der Waals surface area contributed by atoms with Crippen LogP contribution in [0, 0.1) is 11.3 Å². The number of amides is 1. The van der Waals surface area contributed by atoms with E-state index >= 15 is 0 Å². The first-order valence-corrected chi connectivity index (χ1v) is 9.10. The number of hydrogen-bond donors (Lipinski definition) is 0. The van der Waals surface area contributed by atoms with Gasteiger partial charge in [0.05, 0.1) is 11.3 Å². The van der Waals surface area contributed by atoms with E-state index in [1.54, 1.807) is 32.9 Å². The van der Waals surface area contributed by atoms with Crippen molar-refractivity contribution < 1.29 is 27.8 Å². The topological polar surface area (TPSA) is 55.8 Å². The summed E-state index contributed by atoms with van der Waals surface area (Å²) in [7, 11) is 0. The van der Waals surface area contributed by atoms with Gasteiger partial charge in [0.1, 0.15) is 12.2 Å². The second kappa shape index (κ2) is 6.77. The maximum absolute atomic E-state index is 14.5. The lowest BCUT2D eigenvalue weighted by atomic mass is 9.56. The average molecular weight is 381 g/mol. The van der Waals surface area contributed by atoms with E-state index in [-0.39, 0.29) is 26.1 Å². The molecule has 27 heavy (non-hydrogen) atoms. The molecule has 0 N–H and O–H groups in total. The zero-order chi connectivity index (χ0) is 19.9. The standard InChI is InChI=1S/C20H25F2NO4/c1-18(2,3)27-17(25)23-10-9-19(13-23)15(11-20(19,21)22)16(24)26-12-14-7-5-4-6-8-14/h4-8,15H,9-13H2,1-3H3. The lowest BCUT2D eigenvalue weighted by Crippen LogP contribution is -2.62. The van der Waals surface area contributed by atoms with Crippen LogP contribution in [0.15, 0.2) is 30.3 Å². The maximum Gasteiger partial charge on any atom is 0.410 e. The minimum Gasteiger partial charge on any atom is -0.461 e. The normalized spacial score (nSPS) is 26.6. The van der Waals surface area contributed by atoms with Gasteiger partial charge >= 0.3 is 12.1 Å². The molecule has 3 rings (SSSR count). The SMILES string of the molecule is CC(C)(C)OC(=O)N1CCC2(C1)C(C(=O)OCc1ccccc1)CC2(F)F. The molecule has 1 saturated carbocycles. The third-order valence-corrected chi connectivity index (χ3v) is 5.32. The van der Waals surface area contributed by atoms with Crippen LogP contribution >= 0.6 is 0 Å². The number of benzene rings is 1. The Morgan fingerprint density at radius 3 is 2.48 bits per heavy atom. The van der Waals surface area contributed by atoms with Gasteiger partial charge in [0, 0.05) is 19.5 Å². The first-order chi connectivity index (χ1) is 12.5. The molecule has 1 amide bonds. The number of carbonyl (C=O) groups excluding carboxylic acids is 2. The fourth-order valence-corrected chi connectivity index (χ4v) is 3.82. The molecule has 0 bridgehead atoms. The molecule has 1 aromatic rings. The molecule has 1 aliphatic carbocycles. The Kier molecular flexibility index (Phi) is 4.91.